The molecule has 12 nitrogen and oxygen atoms in total. The first-order valence-corrected chi connectivity index (χ1v) is 23.3. The number of phosphoric acid groups is 1. The third kappa shape index (κ3) is 33.0. The van der Waals surface area contributed by atoms with E-state index in [1.807, 2.05) is 6.08 Å². The van der Waals surface area contributed by atoms with Gasteiger partial charge in [0.1, 0.15) is 12.6 Å². The van der Waals surface area contributed by atoms with Crippen LogP contribution in [0.5, 0.6) is 0 Å². The molecular formula is C44H76NO11P. The van der Waals surface area contributed by atoms with Crippen molar-refractivity contribution in [3.63, 3.8) is 0 Å². The highest BCUT2D eigenvalue weighted by atomic mass is 31.2. The van der Waals surface area contributed by atoms with Crippen molar-refractivity contribution >= 4 is 25.7 Å². The molecule has 0 aromatic carbocycles. The first-order chi connectivity index (χ1) is 27.6. The van der Waals surface area contributed by atoms with E-state index in [1.54, 1.807) is 0 Å². The van der Waals surface area contributed by atoms with Gasteiger partial charge in [0.25, 0.3) is 0 Å². The van der Waals surface area contributed by atoms with Gasteiger partial charge in [0, 0.05) is 12.8 Å². The maximum Gasteiger partial charge on any atom is 0.472 e. The zero-order chi connectivity index (χ0) is 41.8. The van der Waals surface area contributed by atoms with Gasteiger partial charge in [0.15, 0.2) is 6.10 Å². The van der Waals surface area contributed by atoms with Crippen LogP contribution in [0.2, 0.25) is 0 Å². The number of esters is 2. The summed E-state index contributed by atoms with van der Waals surface area (Å²) in [5, 5.41) is 8.89. The Morgan fingerprint density at radius 2 is 1.11 bits per heavy atom. The lowest BCUT2D eigenvalue weighted by molar-refractivity contribution is -0.161. The summed E-state index contributed by atoms with van der Waals surface area (Å²) in [6, 6.07) is -1.53. The van der Waals surface area contributed by atoms with Crippen LogP contribution in [0.15, 0.2) is 48.6 Å². The van der Waals surface area contributed by atoms with Crippen molar-refractivity contribution in [1.82, 2.24) is 0 Å². The van der Waals surface area contributed by atoms with Gasteiger partial charge in [-0.1, -0.05) is 127 Å². The van der Waals surface area contributed by atoms with Gasteiger partial charge in [0.2, 0.25) is 0 Å². The van der Waals surface area contributed by atoms with Gasteiger partial charge in [0.05, 0.1) is 25.4 Å². The smallest absolute Gasteiger partial charge is 0.472 e. The van der Waals surface area contributed by atoms with Crippen LogP contribution in [0.4, 0.5) is 0 Å². The fraction of sp³-hybridized carbons (Fsp3) is 0.750. The van der Waals surface area contributed by atoms with Crippen LogP contribution in [0, 0.1) is 0 Å². The van der Waals surface area contributed by atoms with E-state index in [-0.39, 0.29) is 31.7 Å². The van der Waals surface area contributed by atoms with E-state index >= 15 is 0 Å². The Bertz CT molecular complexity index is 1220. The molecule has 0 aromatic rings. The molecule has 0 spiro atoms. The summed E-state index contributed by atoms with van der Waals surface area (Å²) >= 11 is 0. The minimum absolute atomic E-state index is 0.136. The van der Waals surface area contributed by atoms with Crippen LogP contribution in [-0.2, 0) is 42.2 Å². The Balaban J connectivity index is 2.34. The Morgan fingerprint density at radius 3 is 1.75 bits per heavy atom. The fourth-order valence-corrected chi connectivity index (χ4v) is 6.64. The molecule has 0 saturated carbocycles. The average Bonchev–Trinajstić information content (AvgIpc) is 3.94. The molecule has 1 rings (SSSR count). The van der Waals surface area contributed by atoms with Gasteiger partial charge in [-0.2, -0.15) is 0 Å². The van der Waals surface area contributed by atoms with Crippen molar-refractivity contribution in [3.05, 3.63) is 48.6 Å². The quantitative estimate of drug-likeness (QED) is 0.0175. The summed E-state index contributed by atoms with van der Waals surface area (Å²) in [5.74, 6) is -2.47. The number of nitrogens with two attached hydrogens (primary N) is 1. The van der Waals surface area contributed by atoms with Gasteiger partial charge >= 0.3 is 25.7 Å². The number of hydrogen-bond acceptors (Lipinski definition) is 10. The van der Waals surface area contributed by atoms with Crippen molar-refractivity contribution in [2.45, 2.75) is 192 Å². The maximum atomic E-state index is 12.6. The third-order valence-electron chi connectivity index (χ3n) is 9.45. The fourth-order valence-electron chi connectivity index (χ4n) is 5.86. The second kappa shape index (κ2) is 35.4. The standard InChI is InChI=1S/C44H76NO11P/c1-3-5-7-9-11-13-14-15-16-17-18-20-22-24-30-34-43(47)55-38(36-53-57(50,51)54-37-39(45)44(48)49)35-52-42(46)33-29-26-25-28-32-41-40(56-41)31-27-23-21-19-12-10-8-6-4-2/h12-14,19,23,25,27-28,38-41H,3-11,15-18,20-22,24,26,29-37,45H2,1-2H3,(H,48,49)(H,50,51)/b14-13-,19-12-,27-23-,28-25-/t38-,39+,40?,41?/m1/s1. The van der Waals surface area contributed by atoms with Crippen LogP contribution in [0.3, 0.4) is 0 Å². The number of aliphatic carboxylic acids is 1. The molecule has 57 heavy (non-hydrogen) atoms. The van der Waals surface area contributed by atoms with Crippen molar-refractivity contribution in [1.29, 1.82) is 0 Å². The number of allylic oxidation sites excluding steroid dienone is 6. The molecule has 0 radical (unpaired) electrons. The molecule has 4 N–H and O–H groups in total. The lowest BCUT2D eigenvalue weighted by atomic mass is 10.1. The molecule has 0 aliphatic carbocycles. The summed E-state index contributed by atoms with van der Waals surface area (Å²) in [5.41, 5.74) is 5.33. The number of carbonyl (C=O) groups excluding carboxylic acids is 2. The monoisotopic (exact) mass is 826 g/mol. The van der Waals surface area contributed by atoms with E-state index in [4.69, 9.17) is 29.6 Å². The van der Waals surface area contributed by atoms with Gasteiger partial charge in [-0.05, 0) is 77.0 Å². The second-order valence-electron chi connectivity index (χ2n) is 14.9. The normalized spacial score (nSPS) is 17.8. The van der Waals surface area contributed by atoms with E-state index in [1.165, 1.54) is 64.2 Å². The molecule has 1 aliphatic heterocycles. The first-order valence-electron chi connectivity index (χ1n) is 21.8. The molecule has 13 heteroatoms. The molecule has 328 valence electrons. The summed E-state index contributed by atoms with van der Waals surface area (Å²) in [6.45, 7) is 2.68. The zero-order valence-corrected chi connectivity index (χ0v) is 36.0. The predicted molar refractivity (Wildman–Crippen MR) is 226 cm³/mol. The number of epoxide rings is 1. The van der Waals surface area contributed by atoms with Gasteiger partial charge in [-0.15, -0.1) is 0 Å². The number of unbranched alkanes of at least 4 members (excludes halogenated alkanes) is 15. The molecule has 5 atom stereocenters. The first kappa shape index (κ1) is 52.4. The van der Waals surface area contributed by atoms with Crippen molar-refractivity contribution in [2.75, 3.05) is 19.8 Å². The number of carboxylic acid groups (broad SMARTS) is 1. The number of rotatable bonds is 39. The molecule has 1 saturated heterocycles. The van der Waals surface area contributed by atoms with Crippen LogP contribution >= 0.6 is 7.82 Å². The van der Waals surface area contributed by atoms with Crippen molar-refractivity contribution < 1.29 is 52.2 Å². The minimum atomic E-state index is -4.74. The molecule has 0 bridgehead atoms. The Labute approximate surface area is 343 Å². The number of carboxylic acids is 1. The van der Waals surface area contributed by atoms with E-state index in [0.717, 1.165) is 57.8 Å². The molecule has 1 heterocycles. The average molecular weight is 826 g/mol. The third-order valence-corrected chi connectivity index (χ3v) is 10.4. The number of ether oxygens (including phenoxy) is 3. The Morgan fingerprint density at radius 1 is 0.632 bits per heavy atom. The highest BCUT2D eigenvalue weighted by Crippen LogP contribution is 2.43. The number of carbonyl (C=O) groups is 3. The topological polar surface area (TPSA) is 184 Å². The lowest BCUT2D eigenvalue weighted by Gasteiger charge is -2.20. The zero-order valence-electron chi connectivity index (χ0n) is 35.1. The van der Waals surface area contributed by atoms with E-state index < -0.39 is 51.1 Å². The molecule has 0 aromatic heterocycles. The van der Waals surface area contributed by atoms with Crippen molar-refractivity contribution in [3.8, 4) is 0 Å². The van der Waals surface area contributed by atoms with Gasteiger partial charge in [-0.25, -0.2) is 4.57 Å². The second-order valence-corrected chi connectivity index (χ2v) is 16.3. The van der Waals surface area contributed by atoms with E-state index in [0.29, 0.717) is 19.3 Å². The van der Waals surface area contributed by atoms with Gasteiger partial charge in [-0.3, -0.25) is 23.4 Å². The van der Waals surface area contributed by atoms with Crippen LogP contribution in [0.1, 0.15) is 168 Å². The van der Waals surface area contributed by atoms with Crippen molar-refractivity contribution in [2.24, 2.45) is 5.73 Å². The molecule has 1 aliphatic rings. The number of phosphoric ester groups is 1. The van der Waals surface area contributed by atoms with Crippen LogP contribution < -0.4 is 5.73 Å². The molecule has 0 amide bonds. The summed E-state index contributed by atoms with van der Waals surface area (Å²) in [7, 11) is -4.74. The molecular weight excluding hydrogens is 749 g/mol. The summed E-state index contributed by atoms with van der Waals surface area (Å²) < 4.78 is 38.4. The molecule has 3 unspecified atom stereocenters. The predicted octanol–water partition coefficient (Wildman–Crippen LogP) is 10.4. The summed E-state index contributed by atoms with van der Waals surface area (Å²) in [4.78, 5) is 46.0. The van der Waals surface area contributed by atoms with Crippen LogP contribution in [0.25, 0.3) is 0 Å². The largest absolute Gasteiger partial charge is 0.480 e. The van der Waals surface area contributed by atoms with Crippen LogP contribution in [-0.4, -0.2) is 72.1 Å². The SMILES string of the molecule is CCCCC/C=C\C/C=C\CC1OC1C/C=C\CCCC(=O)OC[C@H](COP(=O)(O)OC[C@H](N)C(=O)O)OC(=O)CCCCCCCCC/C=C\CCCCCC. The van der Waals surface area contributed by atoms with Gasteiger partial charge < -0.3 is 29.9 Å². The van der Waals surface area contributed by atoms with E-state index in [9.17, 15) is 23.8 Å². The van der Waals surface area contributed by atoms with E-state index in [2.05, 4.69) is 60.9 Å². The molecule has 1 fully saturated rings. The Hall–Kier alpha value is -2.60. The highest BCUT2D eigenvalue weighted by Gasteiger charge is 2.36. The highest BCUT2D eigenvalue weighted by molar-refractivity contribution is 7.47. The minimum Gasteiger partial charge on any atom is -0.480 e. The maximum absolute atomic E-state index is 12.6. The lowest BCUT2D eigenvalue weighted by Crippen LogP contribution is -2.34. The number of hydrogen-bond donors (Lipinski definition) is 3. The Kier molecular flexibility index (Phi) is 32.5. The summed E-state index contributed by atoms with van der Waals surface area (Å²) in [6.07, 6.45) is 40.6.